The Hall–Kier alpha value is -0.0400. The van der Waals surface area contributed by atoms with Gasteiger partial charge in [0.1, 0.15) is 0 Å². The summed E-state index contributed by atoms with van der Waals surface area (Å²) in [5, 5.41) is 9.11. The summed E-state index contributed by atoms with van der Waals surface area (Å²) in [5.74, 6) is 2.19. The summed E-state index contributed by atoms with van der Waals surface area (Å²) in [6.45, 7) is 6.35. The van der Waals surface area contributed by atoms with Crippen molar-refractivity contribution in [3.63, 3.8) is 0 Å². The first-order valence-electron chi connectivity index (χ1n) is 3.81. The van der Waals surface area contributed by atoms with E-state index in [0.717, 1.165) is 11.8 Å². The van der Waals surface area contributed by atoms with Gasteiger partial charge in [-0.3, -0.25) is 0 Å². The van der Waals surface area contributed by atoms with Crippen LogP contribution in [0, 0.1) is 17.8 Å². The first kappa shape index (κ1) is 7.07. The van der Waals surface area contributed by atoms with Gasteiger partial charge in [0.2, 0.25) is 0 Å². The molecule has 1 heteroatoms. The van der Waals surface area contributed by atoms with Gasteiger partial charge in [0.25, 0.3) is 0 Å². The van der Waals surface area contributed by atoms with Crippen LogP contribution in [0.15, 0.2) is 0 Å². The monoisotopic (exact) mass is 128 g/mol. The van der Waals surface area contributed by atoms with Crippen molar-refractivity contribution in [3.8, 4) is 0 Å². The molecule has 1 aliphatic carbocycles. The molecule has 0 bridgehead atoms. The van der Waals surface area contributed by atoms with E-state index in [9.17, 15) is 0 Å². The van der Waals surface area contributed by atoms with Gasteiger partial charge in [0, 0.05) is 0 Å². The zero-order chi connectivity index (χ0) is 7.02. The maximum atomic E-state index is 9.11. The van der Waals surface area contributed by atoms with Crippen molar-refractivity contribution in [3.05, 3.63) is 0 Å². The Labute approximate surface area is 57.1 Å². The van der Waals surface area contributed by atoms with Gasteiger partial charge in [-0.2, -0.15) is 0 Å². The molecule has 1 saturated carbocycles. The van der Waals surface area contributed by atoms with Crippen LogP contribution in [0.5, 0.6) is 0 Å². The lowest BCUT2D eigenvalue weighted by Crippen LogP contribution is -2.06. The molecule has 3 atom stereocenters. The molecule has 1 aliphatic rings. The van der Waals surface area contributed by atoms with E-state index in [1.807, 2.05) is 6.92 Å². The minimum atomic E-state index is -0.0719. The molecule has 0 aromatic rings. The molecule has 0 heterocycles. The molecule has 0 aromatic carbocycles. The van der Waals surface area contributed by atoms with Gasteiger partial charge in [-0.05, 0) is 31.1 Å². The summed E-state index contributed by atoms with van der Waals surface area (Å²) in [7, 11) is 0. The van der Waals surface area contributed by atoms with E-state index in [1.54, 1.807) is 0 Å². The molecule has 54 valence electrons. The average Bonchev–Trinajstić information content (AvgIpc) is 2.39. The minimum absolute atomic E-state index is 0.0719. The highest BCUT2D eigenvalue weighted by atomic mass is 16.3. The molecule has 1 rings (SSSR count). The van der Waals surface area contributed by atoms with Crippen molar-refractivity contribution in [2.75, 3.05) is 0 Å². The Bertz CT molecular complexity index is 84.7. The van der Waals surface area contributed by atoms with E-state index < -0.39 is 0 Å². The number of aliphatic hydroxyl groups is 1. The number of hydrogen-bond donors (Lipinski definition) is 1. The normalized spacial score (nSPS) is 37.0. The minimum Gasteiger partial charge on any atom is -0.393 e. The third-order valence-electron chi connectivity index (χ3n) is 2.37. The SMILES string of the molecule is CC(C)[C@H]1C[C@@H]1[C@H](C)O. The molecular weight excluding hydrogens is 112 g/mol. The fourth-order valence-electron chi connectivity index (χ4n) is 1.56. The van der Waals surface area contributed by atoms with Crippen molar-refractivity contribution >= 4 is 0 Å². The van der Waals surface area contributed by atoms with Gasteiger partial charge >= 0.3 is 0 Å². The molecular formula is C8H16O. The van der Waals surface area contributed by atoms with Crippen LogP contribution in [0.3, 0.4) is 0 Å². The summed E-state index contributed by atoms with van der Waals surface area (Å²) in [6.07, 6.45) is 1.17. The Morgan fingerprint density at radius 2 is 1.78 bits per heavy atom. The maximum absolute atomic E-state index is 9.11. The average molecular weight is 128 g/mol. The van der Waals surface area contributed by atoms with E-state index >= 15 is 0 Å². The summed E-state index contributed by atoms with van der Waals surface area (Å²) in [5.41, 5.74) is 0. The van der Waals surface area contributed by atoms with Crippen LogP contribution in [0.2, 0.25) is 0 Å². The Kier molecular flexibility index (Phi) is 1.80. The van der Waals surface area contributed by atoms with Crippen LogP contribution in [0.4, 0.5) is 0 Å². The zero-order valence-corrected chi connectivity index (χ0v) is 6.46. The quantitative estimate of drug-likeness (QED) is 0.599. The first-order valence-corrected chi connectivity index (χ1v) is 3.81. The smallest absolute Gasteiger partial charge is 0.0543 e. The van der Waals surface area contributed by atoms with Crippen LogP contribution in [-0.4, -0.2) is 11.2 Å². The number of hydrogen-bond acceptors (Lipinski definition) is 1. The molecule has 1 N–H and O–H groups in total. The summed E-state index contributed by atoms with van der Waals surface area (Å²) in [6, 6.07) is 0. The molecule has 1 nitrogen and oxygen atoms in total. The van der Waals surface area contributed by atoms with E-state index in [2.05, 4.69) is 13.8 Å². The topological polar surface area (TPSA) is 20.2 Å². The highest BCUT2D eigenvalue weighted by molar-refractivity contribution is 4.91. The molecule has 0 saturated heterocycles. The maximum Gasteiger partial charge on any atom is 0.0543 e. The van der Waals surface area contributed by atoms with E-state index in [-0.39, 0.29) is 6.10 Å². The van der Waals surface area contributed by atoms with Crippen LogP contribution >= 0.6 is 0 Å². The molecule has 0 unspecified atom stereocenters. The van der Waals surface area contributed by atoms with Gasteiger partial charge in [-0.25, -0.2) is 0 Å². The van der Waals surface area contributed by atoms with Gasteiger partial charge in [-0.1, -0.05) is 13.8 Å². The third-order valence-corrected chi connectivity index (χ3v) is 2.37. The second-order valence-corrected chi connectivity index (χ2v) is 3.55. The van der Waals surface area contributed by atoms with Crippen molar-refractivity contribution in [2.24, 2.45) is 17.8 Å². The van der Waals surface area contributed by atoms with Gasteiger partial charge in [0.15, 0.2) is 0 Å². The summed E-state index contributed by atoms with van der Waals surface area (Å²) < 4.78 is 0. The lowest BCUT2D eigenvalue weighted by molar-refractivity contribution is 0.160. The van der Waals surface area contributed by atoms with Crippen molar-refractivity contribution < 1.29 is 5.11 Å². The fraction of sp³-hybridized carbons (Fsp3) is 1.00. The fourth-order valence-corrected chi connectivity index (χ4v) is 1.56. The Morgan fingerprint density at radius 1 is 1.22 bits per heavy atom. The third kappa shape index (κ3) is 1.45. The highest BCUT2D eigenvalue weighted by Crippen LogP contribution is 2.46. The molecule has 0 amide bonds. The molecule has 0 aromatic heterocycles. The van der Waals surface area contributed by atoms with Gasteiger partial charge in [0.05, 0.1) is 6.10 Å². The van der Waals surface area contributed by atoms with Gasteiger partial charge in [-0.15, -0.1) is 0 Å². The Morgan fingerprint density at radius 3 is 1.89 bits per heavy atom. The first-order chi connectivity index (χ1) is 4.13. The highest BCUT2D eigenvalue weighted by Gasteiger charge is 2.41. The predicted octanol–water partition coefficient (Wildman–Crippen LogP) is 1.66. The van der Waals surface area contributed by atoms with Crippen molar-refractivity contribution in [1.82, 2.24) is 0 Å². The van der Waals surface area contributed by atoms with Crippen LogP contribution < -0.4 is 0 Å². The standard InChI is InChI=1S/C8H16O/c1-5(2)7-4-8(7)6(3)9/h5-9H,4H2,1-3H3/t6-,7+,8+/m0/s1. The van der Waals surface area contributed by atoms with Crippen molar-refractivity contribution in [2.45, 2.75) is 33.3 Å². The second-order valence-electron chi connectivity index (χ2n) is 3.55. The summed E-state index contributed by atoms with van der Waals surface area (Å²) >= 11 is 0. The van der Waals surface area contributed by atoms with Crippen LogP contribution in [-0.2, 0) is 0 Å². The van der Waals surface area contributed by atoms with Crippen LogP contribution in [0.25, 0.3) is 0 Å². The molecule has 0 radical (unpaired) electrons. The second kappa shape index (κ2) is 2.30. The molecule has 0 aliphatic heterocycles. The largest absolute Gasteiger partial charge is 0.393 e. The van der Waals surface area contributed by atoms with E-state index in [4.69, 9.17) is 5.11 Å². The van der Waals surface area contributed by atoms with E-state index in [0.29, 0.717) is 5.92 Å². The number of aliphatic hydroxyl groups excluding tert-OH is 1. The molecule has 0 spiro atoms. The summed E-state index contributed by atoms with van der Waals surface area (Å²) in [4.78, 5) is 0. The number of rotatable bonds is 2. The Balaban J connectivity index is 2.24. The van der Waals surface area contributed by atoms with E-state index in [1.165, 1.54) is 6.42 Å². The lowest BCUT2D eigenvalue weighted by Gasteiger charge is -2.04. The lowest BCUT2D eigenvalue weighted by atomic mass is 10.1. The zero-order valence-electron chi connectivity index (χ0n) is 6.46. The van der Waals surface area contributed by atoms with Crippen molar-refractivity contribution in [1.29, 1.82) is 0 Å². The van der Waals surface area contributed by atoms with Gasteiger partial charge < -0.3 is 5.11 Å². The van der Waals surface area contributed by atoms with Crippen LogP contribution in [0.1, 0.15) is 27.2 Å². The predicted molar refractivity (Wildman–Crippen MR) is 38.1 cm³/mol. The molecule has 9 heavy (non-hydrogen) atoms. The molecule has 1 fully saturated rings.